The maximum atomic E-state index is 15.6. The van der Waals surface area contributed by atoms with Gasteiger partial charge in [-0.05, 0) is 49.6 Å². The normalized spacial score (nSPS) is 18.3. The molecule has 4 aliphatic rings. The van der Waals surface area contributed by atoms with E-state index in [1.54, 1.807) is 41.7 Å². The van der Waals surface area contributed by atoms with Crippen LogP contribution < -0.4 is 21.3 Å². The smallest absolute Gasteiger partial charge is 0.264 e. The molecular weight excluding hydrogens is 776 g/mol. The third-order valence-corrected chi connectivity index (χ3v) is 11.1. The highest BCUT2D eigenvalue weighted by atomic mass is 19.1. The van der Waals surface area contributed by atoms with Crippen molar-refractivity contribution < 1.29 is 33.2 Å². The Labute approximate surface area is 341 Å². The average molecular weight is 815 g/mol. The summed E-state index contributed by atoms with van der Waals surface area (Å²) in [4.78, 5) is 90.4. The summed E-state index contributed by atoms with van der Waals surface area (Å²) in [5.74, 6) is -2.95. The van der Waals surface area contributed by atoms with Gasteiger partial charge in [-0.2, -0.15) is 5.10 Å². The van der Waals surface area contributed by atoms with E-state index in [0.29, 0.717) is 56.7 Å². The number of nitrogens with zero attached hydrogens (tertiary/aromatic N) is 7. The highest BCUT2D eigenvalue weighted by molar-refractivity contribution is 6.25. The minimum absolute atomic E-state index is 0.0150. The van der Waals surface area contributed by atoms with E-state index < -0.39 is 41.4 Å². The second-order valence-corrected chi connectivity index (χ2v) is 15.0. The number of hydrogen-bond acceptors (Lipinski definition) is 12. The van der Waals surface area contributed by atoms with E-state index in [2.05, 4.69) is 41.3 Å². The molecule has 19 heteroatoms. The lowest BCUT2D eigenvalue weighted by Crippen LogP contribution is -2.54. The van der Waals surface area contributed by atoms with Crippen molar-refractivity contribution in [2.75, 3.05) is 49.9 Å². The summed E-state index contributed by atoms with van der Waals surface area (Å²) in [6.07, 6.45) is 11.9. The largest absolute Gasteiger partial charge is 0.361 e. The lowest BCUT2D eigenvalue weighted by atomic mass is 10.0. The van der Waals surface area contributed by atoms with Gasteiger partial charge in [0, 0.05) is 87.4 Å². The fraction of sp³-hybridized carbons (Fsp3) is 0.293. The molecule has 0 radical (unpaired) electrons. The van der Waals surface area contributed by atoms with Crippen molar-refractivity contribution >= 4 is 58.3 Å². The minimum Gasteiger partial charge on any atom is -0.361 e. The molecule has 9 rings (SSSR count). The van der Waals surface area contributed by atoms with Gasteiger partial charge >= 0.3 is 0 Å². The average Bonchev–Trinajstić information content (AvgIpc) is 3.67. The topological polar surface area (TPSA) is 219 Å². The van der Waals surface area contributed by atoms with Gasteiger partial charge < -0.3 is 20.9 Å². The van der Waals surface area contributed by atoms with E-state index >= 15 is 4.39 Å². The van der Waals surface area contributed by atoms with Crippen LogP contribution in [0.25, 0.3) is 16.9 Å². The summed E-state index contributed by atoms with van der Waals surface area (Å²) in [6, 6.07) is 7.94. The minimum atomic E-state index is -1.09. The first-order valence-corrected chi connectivity index (χ1v) is 19.6. The number of aromatic nitrogens is 5. The van der Waals surface area contributed by atoms with Gasteiger partial charge in [0.15, 0.2) is 11.5 Å². The van der Waals surface area contributed by atoms with Crippen LogP contribution in [0, 0.1) is 5.82 Å². The predicted molar refractivity (Wildman–Crippen MR) is 213 cm³/mol. The Morgan fingerprint density at radius 2 is 1.80 bits per heavy atom. The third kappa shape index (κ3) is 7.45. The summed E-state index contributed by atoms with van der Waals surface area (Å²) in [5, 5.41) is 17.9. The number of piperidine rings is 1. The zero-order valence-electron chi connectivity index (χ0n) is 32.1. The molecule has 3 fully saturated rings. The molecule has 5 N–H and O–H groups in total. The van der Waals surface area contributed by atoms with Gasteiger partial charge in [0.25, 0.3) is 17.7 Å². The second kappa shape index (κ2) is 15.8. The quantitative estimate of drug-likeness (QED) is 0.0908. The maximum Gasteiger partial charge on any atom is 0.264 e. The molecule has 1 saturated carbocycles. The molecule has 0 bridgehead atoms. The van der Waals surface area contributed by atoms with Crippen LogP contribution in [-0.2, 0) is 14.4 Å². The summed E-state index contributed by atoms with van der Waals surface area (Å²) < 4.78 is 17.5. The standard InChI is InChI=1S/C41H39FN12O6/c42-27-18-24(6-7-28(27)48-36-37-45-21-32(25-19-46-47-20-25)53(37)22-30(49-36)23-4-5-23)39(58)52-16-14-51(15-17-52)13-12-44-33(55)10-11-43-29-3-1-2-26-35(29)41(60)54(40(26)59)31-8-9-34(56)50-38(31)57/h1-3,6-7,10-11,18-23,31,43H,4-5,8-9,12-17H2,(H,44,55)(H,46,47)(H,48,49)(H,50,56,57). The molecule has 1 atom stereocenters. The van der Waals surface area contributed by atoms with Crippen molar-refractivity contribution in [3.63, 3.8) is 0 Å². The van der Waals surface area contributed by atoms with Crippen LogP contribution in [0.15, 0.2) is 73.5 Å². The van der Waals surface area contributed by atoms with Crippen molar-refractivity contribution in [1.82, 2.24) is 49.9 Å². The van der Waals surface area contributed by atoms with Crippen LogP contribution >= 0.6 is 0 Å². The van der Waals surface area contributed by atoms with E-state index in [4.69, 9.17) is 4.98 Å². The Kier molecular flexibility index (Phi) is 10.1. The lowest BCUT2D eigenvalue weighted by Gasteiger charge is -2.34. The number of benzene rings is 2. The Morgan fingerprint density at radius 1 is 0.967 bits per heavy atom. The third-order valence-electron chi connectivity index (χ3n) is 11.1. The molecule has 1 aliphatic carbocycles. The predicted octanol–water partition coefficient (Wildman–Crippen LogP) is 2.78. The zero-order chi connectivity index (χ0) is 41.5. The molecule has 2 aromatic carbocycles. The zero-order valence-corrected chi connectivity index (χ0v) is 32.1. The number of piperazine rings is 1. The van der Waals surface area contributed by atoms with Crippen molar-refractivity contribution in [1.29, 1.82) is 0 Å². The van der Waals surface area contributed by atoms with Crippen LogP contribution in [-0.4, -0.2) is 120 Å². The van der Waals surface area contributed by atoms with E-state index in [-0.39, 0.29) is 46.8 Å². The molecule has 2 saturated heterocycles. The molecule has 306 valence electrons. The fourth-order valence-corrected chi connectivity index (χ4v) is 7.74. The Bertz CT molecular complexity index is 2600. The number of hydrogen-bond donors (Lipinski definition) is 5. The van der Waals surface area contributed by atoms with Crippen molar-refractivity contribution in [3.05, 3.63) is 102 Å². The summed E-state index contributed by atoms with van der Waals surface area (Å²) in [5.41, 5.74) is 4.01. The van der Waals surface area contributed by atoms with Gasteiger partial charge in [-0.25, -0.2) is 14.4 Å². The van der Waals surface area contributed by atoms with Crippen molar-refractivity contribution in [2.24, 2.45) is 0 Å². The van der Waals surface area contributed by atoms with Gasteiger partial charge in [-0.3, -0.25) is 53.4 Å². The molecule has 5 aromatic rings. The van der Waals surface area contributed by atoms with Crippen LogP contribution in [0.3, 0.4) is 0 Å². The van der Waals surface area contributed by atoms with Crippen LogP contribution in [0.1, 0.15) is 68.4 Å². The number of aromatic amines is 1. The summed E-state index contributed by atoms with van der Waals surface area (Å²) in [7, 11) is 0. The number of fused-ring (bicyclic) bond motifs is 2. The van der Waals surface area contributed by atoms with E-state index in [0.717, 1.165) is 34.7 Å². The molecular formula is C41H39FN12O6. The highest BCUT2D eigenvalue weighted by Gasteiger charge is 2.45. The lowest BCUT2D eigenvalue weighted by molar-refractivity contribution is -0.136. The van der Waals surface area contributed by atoms with Gasteiger partial charge in [-0.1, -0.05) is 6.07 Å². The van der Waals surface area contributed by atoms with Crippen LogP contribution in [0.4, 0.5) is 21.6 Å². The monoisotopic (exact) mass is 814 g/mol. The number of nitrogens with one attached hydrogen (secondary N) is 5. The number of H-pyrrole nitrogens is 1. The highest BCUT2D eigenvalue weighted by Crippen LogP contribution is 2.40. The number of carbonyl (C=O) groups excluding carboxylic acids is 6. The first-order valence-electron chi connectivity index (χ1n) is 19.6. The number of rotatable bonds is 12. The summed E-state index contributed by atoms with van der Waals surface area (Å²) in [6.45, 7) is 2.85. The van der Waals surface area contributed by atoms with Crippen molar-refractivity contribution in [3.8, 4) is 11.3 Å². The number of anilines is 3. The van der Waals surface area contributed by atoms with Gasteiger partial charge in [0.1, 0.15) is 11.9 Å². The van der Waals surface area contributed by atoms with Gasteiger partial charge in [-0.15, -0.1) is 0 Å². The maximum absolute atomic E-state index is 15.6. The molecule has 6 heterocycles. The molecule has 6 amide bonds. The number of imide groups is 2. The van der Waals surface area contributed by atoms with E-state index in [1.165, 1.54) is 30.5 Å². The van der Waals surface area contributed by atoms with Crippen molar-refractivity contribution in [2.45, 2.75) is 37.6 Å². The molecule has 18 nitrogen and oxygen atoms in total. The molecule has 1 unspecified atom stereocenters. The molecule has 3 aliphatic heterocycles. The molecule has 0 spiro atoms. The first kappa shape index (κ1) is 38.2. The van der Waals surface area contributed by atoms with Crippen LogP contribution in [0.5, 0.6) is 0 Å². The number of halogens is 1. The Hall–Kier alpha value is -7.28. The first-order chi connectivity index (χ1) is 29.1. The second-order valence-electron chi connectivity index (χ2n) is 15.0. The van der Waals surface area contributed by atoms with Gasteiger partial charge in [0.2, 0.25) is 17.7 Å². The number of imidazole rings is 1. The Balaban J connectivity index is 0.747. The molecule has 3 aromatic heterocycles. The number of amides is 6. The van der Waals surface area contributed by atoms with E-state index in [1.807, 2.05) is 10.6 Å². The summed E-state index contributed by atoms with van der Waals surface area (Å²) >= 11 is 0. The fourth-order valence-electron chi connectivity index (χ4n) is 7.74. The SMILES string of the molecule is O=C(C=CNc1cccc2c1C(=O)N(C1CCC(=O)NC1=O)C2=O)NCCN1CCN(C(=O)c2ccc(Nc3nc(C4CC4)cn4c(-c5cn[nH]c5)cnc34)c(F)c2)CC1. The number of carbonyl (C=O) groups is 6. The Morgan fingerprint density at radius 3 is 2.55 bits per heavy atom. The van der Waals surface area contributed by atoms with Gasteiger partial charge in [0.05, 0.1) is 46.3 Å². The van der Waals surface area contributed by atoms with E-state index in [9.17, 15) is 28.8 Å². The molecule has 60 heavy (non-hydrogen) atoms. The van der Waals surface area contributed by atoms with Crippen LogP contribution in [0.2, 0.25) is 0 Å².